The molecular formula is C24H24ClN3O3. The molecule has 4 rings (SSSR count). The zero-order chi connectivity index (χ0) is 22.1. The van der Waals surface area contributed by atoms with Crippen LogP contribution in [0.4, 0.5) is 0 Å². The largest absolute Gasteiger partial charge is 0.496 e. The first-order valence-corrected chi connectivity index (χ1v) is 10.5. The van der Waals surface area contributed by atoms with Gasteiger partial charge < -0.3 is 14.5 Å². The minimum absolute atomic E-state index is 0.0486. The Morgan fingerprint density at radius 2 is 1.90 bits per heavy atom. The van der Waals surface area contributed by atoms with Crippen molar-refractivity contribution in [2.45, 2.75) is 12.3 Å². The van der Waals surface area contributed by atoms with Crippen molar-refractivity contribution >= 4 is 34.3 Å². The van der Waals surface area contributed by atoms with Gasteiger partial charge in [-0.15, -0.1) is 0 Å². The number of nitrogens with zero attached hydrogens (tertiary/aromatic N) is 3. The summed E-state index contributed by atoms with van der Waals surface area (Å²) < 4.78 is 5.34. The maximum absolute atomic E-state index is 13.1. The first-order chi connectivity index (χ1) is 14.9. The molecule has 0 aliphatic carbocycles. The molecule has 1 atom stereocenters. The molecule has 1 aromatic heterocycles. The van der Waals surface area contributed by atoms with E-state index in [1.165, 1.54) is 7.11 Å². The molecule has 7 heteroatoms. The van der Waals surface area contributed by atoms with E-state index < -0.39 is 0 Å². The predicted octanol–water partition coefficient (Wildman–Crippen LogP) is 4.23. The molecule has 0 unspecified atom stereocenters. The van der Waals surface area contributed by atoms with Crippen LogP contribution in [0, 0.1) is 0 Å². The highest BCUT2D eigenvalue weighted by atomic mass is 35.5. The standard InChI is InChI=1S/C24H24ClN3O3/c1-27(2)23(29)18-13-21(26-20-7-5-4-6-17(18)20)15-10-11-28(14-15)24(30)19-12-16(25)8-9-22(19)31-3/h4-9,12-13,15H,10-11,14H2,1-3H3/t15-/m1/s1. The summed E-state index contributed by atoms with van der Waals surface area (Å²) in [6.07, 6.45) is 0.773. The molecule has 160 valence electrons. The van der Waals surface area contributed by atoms with Crippen LogP contribution in [0.5, 0.6) is 5.75 Å². The van der Waals surface area contributed by atoms with Gasteiger partial charge in [-0.1, -0.05) is 29.8 Å². The first kappa shape index (κ1) is 21.1. The molecular weight excluding hydrogens is 414 g/mol. The van der Waals surface area contributed by atoms with Gasteiger partial charge in [0, 0.05) is 49.2 Å². The third-order valence-corrected chi connectivity index (χ3v) is 5.89. The number of carbonyl (C=O) groups is 2. The summed E-state index contributed by atoms with van der Waals surface area (Å²) in [5.74, 6) is 0.370. The Kier molecular flexibility index (Phi) is 5.83. The van der Waals surface area contributed by atoms with Crippen molar-refractivity contribution in [2.24, 2.45) is 0 Å². The van der Waals surface area contributed by atoms with E-state index in [0.717, 1.165) is 23.0 Å². The van der Waals surface area contributed by atoms with E-state index in [1.54, 1.807) is 42.1 Å². The SMILES string of the molecule is COc1ccc(Cl)cc1C(=O)N1CC[C@@H](c2cc(C(=O)N(C)C)c3ccccc3n2)C1. The second-order valence-corrected chi connectivity index (χ2v) is 8.33. The molecule has 0 N–H and O–H groups in total. The average molecular weight is 438 g/mol. The number of aromatic nitrogens is 1. The summed E-state index contributed by atoms with van der Waals surface area (Å²) in [6.45, 7) is 1.13. The Labute approximate surface area is 186 Å². The fraction of sp³-hybridized carbons (Fsp3) is 0.292. The van der Waals surface area contributed by atoms with Crippen molar-refractivity contribution in [3.8, 4) is 5.75 Å². The van der Waals surface area contributed by atoms with Gasteiger partial charge in [0.1, 0.15) is 5.75 Å². The predicted molar refractivity (Wildman–Crippen MR) is 121 cm³/mol. The molecule has 2 amide bonds. The van der Waals surface area contributed by atoms with Gasteiger partial charge >= 0.3 is 0 Å². The number of para-hydroxylation sites is 1. The van der Waals surface area contributed by atoms with E-state index in [-0.39, 0.29) is 17.7 Å². The van der Waals surface area contributed by atoms with Crippen molar-refractivity contribution in [1.82, 2.24) is 14.8 Å². The van der Waals surface area contributed by atoms with Crippen LogP contribution in [-0.2, 0) is 0 Å². The van der Waals surface area contributed by atoms with Crippen molar-refractivity contribution in [3.63, 3.8) is 0 Å². The first-order valence-electron chi connectivity index (χ1n) is 10.1. The normalized spacial score (nSPS) is 15.9. The number of methoxy groups -OCH3 is 1. The maximum Gasteiger partial charge on any atom is 0.257 e. The molecule has 0 spiro atoms. The number of amides is 2. The monoisotopic (exact) mass is 437 g/mol. The van der Waals surface area contributed by atoms with Crippen LogP contribution in [0.25, 0.3) is 10.9 Å². The van der Waals surface area contributed by atoms with Crippen LogP contribution >= 0.6 is 11.6 Å². The van der Waals surface area contributed by atoms with Gasteiger partial charge in [0.25, 0.3) is 11.8 Å². The molecule has 1 fully saturated rings. The van der Waals surface area contributed by atoms with Crippen LogP contribution in [0.15, 0.2) is 48.5 Å². The summed E-state index contributed by atoms with van der Waals surface area (Å²) in [5, 5.41) is 1.32. The number of rotatable bonds is 4. The highest BCUT2D eigenvalue weighted by molar-refractivity contribution is 6.31. The lowest BCUT2D eigenvalue weighted by molar-refractivity contribution is 0.0785. The number of likely N-dealkylation sites (tertiary alicyclic amines) is 1. The van der Waals surface area contributed by atoms with Gasteiger partial charge in [-0.25, -0.2) is 0 Å². The molecule has 31 heavy (non-hydrogen) atoms. The number of ether oxygens (including phenoxy) is 1. The Bertz CT molecular complexity index is 1160. The minimum Gasteiger partial charge on any atom is -0.496 e. The molecule has 0 bridgehead atoms. The molecule has 2 heterocycles. The molecule has 1 aliphatic heterocycles. The Balaban J connectivity index is 1.65. The molecule has 6 nitrogen and oxygen atoms in total. The quantitative estimate of drug-likeness (QED) is 0.612. The van der Waals surface area contributed by atoms with E-state index >= 15 is 0 Å². The highest BCUT2D eigenvalue weighted by Gasteiger charge is 2.31. The number of fused-ring (bicyclic) bond motifs is 1. The second-order valence-electron chi connectivity index (χ2n) is 7.89. The maximum atomic E-state index is 13.1. The molecule has 2 aromatic carbocycles. The van der Waals surface area contributed by atoms with E-state index in [2.05, 4.69) is 0 Å². The molecule has 1 aliphatic rings. The third kappa shape index (κ3) is 4.08. The van der Waals surface area contributed by atoms with Crippen molar-refractivity contribution in [2.75, 3.05) is 34.3 Å². The lowest BCUT2D eigenvalue weighted by Crippen LogP contribution is -2.29. The van der Waals surface area contributed by atoms with Gasteiger partial charge in [0.05, 0.1) is 23.8 Å². The highest BCUT2D eigenvalue weighted by Crippen LogP contribution is 2.32. The van der Waals surface area contributed by atoms with Gasteiger partial charge in [-0.3, -0.25) is 14.6 Å². The zero-order valence-electron chi connectivity index (χ0n) is 17.8. The summed E-state index contributed by atoms with van der Waals surface area (Å²) in [7, 11) is 5.02. The van der Waals surface area contributed by atoms with E-state index in [1.807, 2.05) is 30.3 Å². The molecule has 3 aromatic rings. The van der Waals surface area contributed by atoms with Gasteiger partial charge in [-0.2, -0.15) is 0 Å². The third-order valence-electron chi connectivity index (χ3n) is 5.66. The fourth-order valence-corrected chi connectivity index (χ4v) is 4.20. The van der Waals surface area contributed by atoms with Crippen LogP contribution in [0.2, 0.25) is 5.02 Å². The van der Waals surface area contributed by atoms with Gasteiger partial charge in [-0.05, 0) is 36.8 Å². The number of carbonyl (C=O) groups excluding carboxylic acids is 2. The van der Waals surface area contributed by atoms with Gasteiger partial charge in [0.2, 0.25) is 0 Å². The van der Waals surface area contributed by atoms with Crippen LogP contribution in [-0.4, -0.2) is 60.9 Å². The summed E-state index contributed by atoms with van der Waals surface area (Å²) >= 11 is 6.10. The van der Waals surface area contributed by atoms with Crippen LogP contribution < -0.4 is 4.74 Å². The molecule has 1 saturated heterocycles. The van der Waals surface area contributed by atoms with E-state index in [0.29, 0.717) is 35.0 Å². The Hall–Kier alpha value is -3.12. The topological polar surface area (TPSA) is 62.7 Å². The average Bonchev–Trinajstić information content (AvgIpc) is 3.27. The van der Waals surface area contributed by atoms with Crippen molar-refractivity contribution < 1.29 is 14.3 Å². The van der Waals surface area contributed by atoms with E-state index in [9.17, 15) is 9.59 Å². The number of hydrogen-bond acceptors (Lipinski definition) is 4. The fourth-order valence-electron chi connectivity index (χ4n) is 4.03. The number of hydrogen-bond donors (Lipinski definition) is 0. The second kappa shape index (κ2) is 8.55. The number of halogens is 1. The van der Waals surface area contributed by atoms with Crippen molar-refractivity contribution in [1.29, 1.82) is 0 Å². The lowest BCUT2D eigenvalue weighted by atomic mass is 9.99. The van der Waals surface area contributed by atoms with Crippen molar-refractivity contribution in [3.05, 3.63) is 70.4 Å². The van der Waals surface area contributed by atoms with Crippen LogP contribution in [0.1, 0.15) is 38.7 Å². The molecule has 0 radical (unpaired) electrons. The molecule has 0 saturated carbocycles. The van der Waals surface area contributed by atoms with Gasteiger partial charge in [0.15, 0.2) is 0 Å². The smallest absolute Gasteiger partial charge is 0.257 e. The Morgan fingerprint density at radius 3 is 2.65 bits per heavy atom. The summed E-state index contributed by atoms with van der Waals surface area (Å²) in [6, 6.07) is 14.6. The summed E-state index contributed by atoms with van der Waals surface area (Å²) in [4.78, 5) is 34.1. The Morgan fingerprint density at radius 1 is 1.13 bits per heavy atom. The lowest BCUT2D eigenvalue weighted by Gasteiger charge is -2.19. The van der Waals surface area contributed by atoms with Crippen LogP contribution in [0.3, 0.4) is 0 Å². The minimum atomic E-state index is -0.118. The zero-order valence-corrected chi connectivity index (χ0v) is 18.5. The number of benzene rings is 2. The summed E-state index contributed by atoms with van der Waals surface area (Å²) in [5.41, 5.74) is 2.70. The van der Waals surface area contributed by atoms with E-state index in [4.69, 9.17) is 21.3 Å². The number of pyridine rings is 1.